The molecule has 0 saturated heterocycles. The molecule has 0 aromatic rings. The highest BCUT2D eigenvalue weighted by Gasteiger charge is 2.35. The van der Waals surface area contributed by atoms with Crippen molar-refractivity contribution in [1.29, 1.82) is 0 Å². The van der Waals surface area contributed by atoms with Gasteiger partial charge in [0.25, 0.3) is 0 Å². The topological polar surface area (TPSA) is 0 Å². The summed E-state index contributed by atoms with van der Waals surface area (Å²) in [6, 6.07) is 0. The maximum atomic E-state index is 6.32. The van der Waals surface area contributed by atoms with Gasteiger partial charge in [0.15, 0.2) is 0 Å². The molecule has 0 heterocycles. The normalized spacial score (nSPS) is 41.7. The summed E-state index contributed by atoms with van der Waals surface area (Å²) in [6.45, 7) is 0. The lowest BCUT2D eigenvalue weighted by Gasteiger charge is -2.33. The van der Waals surface area contributed by atoms with Gasteiger partial charge in [-0.1, -0.05) is 58.0 Å². The van der Waals surface area contributed by atoms with E-state index in [1.165, 1.54) is 30.1 Å². The van der Waals surface area contributed by atoms with Crippen LogP contribution in [-0.4, -0.2) is 7.31 Å². The van der Waals surface area contributed by atoms with Crippen molar-refractivity contribution in [2.75, 3.05) is 4.43 Å². The van der Waals surface area contributed by atoms with Gasteiger partial charge in [-0.2, -0.15) is 0 Å². The van der Waals surface area contributed by atoms with Gasteiger partial charge in [0.2, 0.25) is 0 Å². The summed E-state index contributed by atoms with van der Waals surface area (Å²) in [6.07, 6.45) is 5.23. The largest absolute Gasteiger partial charge is 0.107 e. The Bertz CT molecular complexity index is 114. The van der Waals surface area contributed by atoms with Crippen molar-refractivity contribution in [3.8, 4) is 0 Å². The van der Waals surface area contributed by atoms with Crippen LogP contribution in [0.2, 0.25) is 0 Å². The highest BCUT2D eigenvalue weighted by atomic mass is 127. The van der Waals surface area contributed by atoms with E-state index in [9.17, 15) is 0 Å². The zero-order chi connectivity index (χ0) is 7.61. The van der Waals surface area contributed by atoms with Crippen molar-refractivity contribution < 1.29 is 0 Å². The molecule has 1 fully saturated rings. The zero-order valence-electron chi connectivity index (χ0n) is 5.75. The number of alkyl halides is 3. The average Bonchev–Trinajstić information content (AvgIpc) is 1.87. The fraction of sp³-hybridized carbons (Fsp3) is 1.00. The summed E-state index contributed by atoms with van der Waals surface area (Å²) in [5, 5.41) is 0. The second-order valence-corrected chi connectivity index (χ2v) is 6.98. The van der Waals surface area contributed by atoms with Crippen LogP contribution < -0.4 is 0 Å². The summed E-state index contributed by atoms with van der Waals surface area (Å²) in [5.74, 6) is 0.740. The Balaban J connectivity index is 2.51. The predicted molar refractivity (Wildman–Crippen MR) is 63.4 cm³/mol. The maximum absolute atomic E-state index is 6.32. The van der Waals surface area contributed by atoms with Gasteiger partial charge >= 0.3 is 0 Å². The molecule has 0 nitrogen and oxygen atoms in total. The predicted octanol–water partition coefficient (Wildman–Crippen LogP) is 3.98. The molecule has 0 radical (unpaired) electrons. The third kappa shape index (κ3) is 2.37. The number of rotatable bonds is 1. The van der Waals surface area contributed by atoms with Gasteiger partial charge in [-0.3, -0.25) is 0 Å². The Hall–Kier alpha value is 1.75. The molecule has 1 aliphatic rings. The van der Waals surface area contributed by atoms with Crippen LogP contribution in [0.5, 0.6) is 0 Å². The van der Waals surface area contributed by atoms with Gasteiger partial charge in [-0.05, 0) is 18.8 Å². The Morgan fingerprint density at radius 1 is 1.50 bits per heavy atom. The summed E-state index contributed by atoms with van der Waals surface area (Å²) >= 11 is 11.2. The lowest BCUT2D eigenvalue weighted by atomic mass is 9.90. The Labute approximate surface area is 94.8 Å². The van der Waals surface area contributed by atoms with Crippen molar-refractivity contribution in [2.45, 2.75) is 28.6 Å². The lowest BCUT2D eigenvalue weighted by molar-refractivity contribution is 0.390. The lowest BCUT2D eigenvalue weighted by Crippen LogP contribution is -2.29. The second-order valence-electron chi connectivity index (χ2n) is 2.86. The molecule has 0 aliphatic heterocycles. The molecule has 0 aromatic carbocycles. The molecule has 1 saturated carbocycles. The van der Waals surface area contributed by atoms with E-state index in [2.05, 4.69) is 45.2 Å². The third-order valence-corrected chi connectivity index (χ3v) is 5.08. The van der Waals surface area contributed by atoms with E-state index in [4.69, 9.17) is 11.6 Å². The van der Waals surface area contributed by atoms with Gasteiger partial charge in [-0.25, -0.2) is 0 Å². The SMILES string of the molecule is ClC1(I)CCCCC1CI. The van der Waals surface area contributed by atoms with E-state index < -0.39 is 0 Å². The third-order valence-electron chi connectivity index (χ3n) is 2.10. The Morgan fingerprint density at radius 2 is 2.20 bits per heavy atom. The van der Waals surface area contributed by atoms with Crippen molar-refractivity contribution in [2.24, 2.45) is 5.92 Å². The first-order valence-corrected chi connectivity index (χ1v) is 6.59. The first kappa shape index (κ1) is 9.84. The van der Waals surface area contributed by atoms with Gasteiger partial charge in [0, 0.05) is 4.43 Å². The average molecular weight is 384 g/mol. The molecular formula is C7H11ClI2. The molecule has 2 atom stereocenters. The molecule has 0 amide bonds. The molecule has 0 spiro atoms. The first-order valence-electron chi connectivity index (χ1n) is 3.60. The molecule has 1 aliphatic carbocycles. The maximum Gasteiger partial charge on any atom is 0.0992 e. The molecule has 1 rings (SSSR count). The van der Waals surface area contributed by atoms with E-state index in [1.807, 2.05) is 0 Å². The van der Waals surface area contributed by atoms with Gasteiger partial charge in [0.1, 0.15) is 0 Å². The molecular weight excluding hydrogens is 373 g/mol. The van der Waals surface area contributed by atoms with Crippen molar-refractivity contribution in [1.82, 2.24) is 0 Å². The fourth-order valence-electron chi connectivity index (χ4n) is 1.36. The Kier molecular flexibility index (Phi) is 4.05. The second kappa shape index (κ2) is 4.12. The highest BCUT2D eigenvalue weighted by Crippen LogP contribution is 2.45. The molecule has 3 heteroatoms. The van der Waals surface area contributed by atoms with Crippen LogP contribution in [-0.2, 0) is 0 Å². The fourth-order valence-corrected chi connectivity index (χ4v) is 4.88. The minimum absolute atomic E-state index is 0.0806. The zero-order valence-corrected chi connectivity index (χ0v) is 10.8. The van der Waals surface area contributed by atoms with Gasteiger partial charge < -0.3 is 0 Å². The van der Waals surface area contributed by atoms with Crippen LogP contribution in [0.15, 0.2) is 0 Å². The standard InChI is InChI=1S/C7H11ClI2/c8-7(10)4-2-1-3-6(7)5-9/h6H,1-5H2. The van der Waals surface area contributed by atoms with Crippen LogP contribution in [0.3, 0.4) is 0 Å². The first-order chi connectivity index (χ1) is 4.67. The van der Waals surface area contributed by atoms with E-state index in [-0.39, 0.29) is 2.88 Å². The molecule has 60 valence electrons. The van der Waals surface area contributed by atoms with E-state index >= 15 is 0 Å². The smallest absolute Gasteiger partial charge is 0.0992 e. The summed E-state index contributed by atoms with van der Waals surface area (Å²) < 4.78 is 1.29. The van der Waals surface area contributed by atoms with E-state index in [1.54, 1.807) is 0 Å². The van der Waals surface area contributed by atoms with Gasteiger partial charge in [0.05, 0.1) is 2.88 Å². The summed E-state index contributed by atoms with van der Waals surface area (Å²) in [4.78, 5) is 0. The molecule has 0 aromatic heterocycles. The van der Waals surface area contributed by atoms with Crippen LogP contribution >= 0.6 is 56.8 Å². The van der Waals surface area contributed by atoms with Crippen LogP contribution in [0, 0.1) is 5.92 Å². The van der Waals surface area contributed by atoms with Crippen LogP contribution in [0.4, 0.5) is 0 Å². The van der Waals surface area contributed by atoms with Crippen molar-refractivity contribution in [3.05, 3.63) is 0 Å². The monoisotopic (exact) mass is 384 g/mol. The molecule has 0 N–H and O–H groups in total. The Morgan fingerprint density at radius 3 is 2.60 bits per heavy atom. The molecule has 10 heavy (non-hydrogen) atoms. The van der Waals surface area contributed by atoms with E-state index in [0.29, 0.717) is 0 Å². The minimum Gasteiger partial charge on any atom is -0.107 e. The molecule has 2 unspecified atom stereocenters. The van der Waals surface area contributed by atoms with Crippen LogP contribution in [0.25, 0.3) is 0 Å². The van der Waals surface area contributed by atoms with Crippen molar-refractivity contribution in [3.63, 3.8) is 0 Å². The number of hydrogen-bond donors (Lipinski definition) is 0. The summed E-state index contributed by atoms with van der Waals surface area (Å²) in [5.41, 5.74) is 0. The van der Waals surface area contributed by atoms with Crippen molar-refractivity contribution >= 4 is 56.8 Å². The highest BCUT2D eigenvalue weighted by molar-refractivity contribution is 14.1. The number of hydrogen-bond acceptors (Lipinski definition) is 0. The van der Waals surface area contributed by atoms with E-state index in [0.717, 1.165) is 5.92 Å². The quantitative estimate of drug-likeness (QED) is 0.474. The summed E-state index contributed by atoms with van der Waals surface area (Å²) in [7, 11) is 0. The van der Waals surface area contributed by atoms with Gasteiger partial charge in [-0.15, -0.1) is 11.6 Å². The van der Waals surface area contributed by atoms with Crippen LogP contribution in [0.1, 0.15) is 25.7 Å². The minimum atomic E-state index is 0.0806. The number of halogens is 3. The molecule has 0 bridgehead atoms.